The van der Waals surface area contributed by atoms with E-state index in [0.29, 0.717) is 11.3 Å². The van der Waals surface area contributed by atoms with Crippen LogP contribution in [0.3, 0.4) is 0 Å². The highest BCUT2D eigenvalue weighted by Crippen LogP contribution is 2.57. The third-order valence-electron chi connectivity index (χ3n) is 8.68. The summed E-state index contributed by atoms with van der Waals surface area (Å²) in [4.78, 5) is 11.5. The molecule has 0 saturated heterocycles. The number of allylic oxidation sites excluding steroid dienone is 2. The molecule has 3 aromatic rings. The minimum absolute atomic E-state index is 0.000447. The smallest absolute Gasteiger partial charge is 0.303 e. The van der Waals surface area contributed by atoms with Gasteiger partial charge in [0.2, 0.25) is 0 Å². The van der Waals surface area contributed by atoms with E-state index in [-0.39, 0.29) is 40.9 Å². The van der Waals surface area contributed by atoms with Gasteiger partial charge >= 0.3 is 5.97 Å². The molecule has 6 heteroatoms. The summed E-state index contributed by atoms with van der Waals surface area (Å²) in [6, 6.07) is 16.8. The van der Waals surface area contributed by atoms with E-state index in [1.54, 1.807) is 6.07 Å². The van der Waals surface area contributed by atoms with Crippen LogP contribution in [0.5, 0.6) is 5.75 Å². The Morgan fingerprint density at radius 1 is 0.925 bits per heavy atom. The molecule has 0 radical (unpaired) electrons. The van der Waals surface area contributed by atoms with Crippen LogP contribution in [-0.2, 0) is 11.4 Å². The molecule has 0 spiro atoms. The van der Waals surface area contributed by atoms with Crippen molar-refractivity contribution < 1.29 is 27.8 Å². The predicted molar refractivity (Wildman–Crippen MR) is 151 cm³/mol. The second-order valence-electron chi connectivity index (χ2n) is 12.1. The number of carboxylic acids is 1. The average molecular weight is 549 g/mol. The number of carbonyl (C=O) groups is 1. The largest absolute Gasteiger partial charge is 0.489 e. The molecular weight excluding hydrogens is 513 g/mol. The number of halogens is 3. The molecule has 0 heterocycles. The molecule has 40 heavy (non-hydrogen) atoms. The van der Waals surface area contributed by atoms with Crippen LogP contribution in [0, 0.1) is 16.6 Å². The molecule has 2 aliphatic rings. The Kier molecular flexibility index (Phi) is 7.56. The fourth-order valence-electron chi connectivity index (χ4n) is 5.96. The van der Waals surface area contributed by atoms with Crippen LogP contribution in [0.15, 0.2) is 66.7 Å². The third-order valence-corrected chi connectivity index (χ3v) is 8.68. The molecule has 1 atom stereocenters. The Labute approximate surface area is 233 Å². The Balaban J connectivity index is 1.46. The van der Waals surface area contributed by atoms with E-state index >= 15 is 0 Å². The summed E-state index contributed by atoms with van der Waals surface area (Å²) in [7, 11) is 0. The molecule has 0 unspecified atom stereocenters. The lowest BCUT2D eigenvalue weighted by molar-refractivity contribution is -0.137. The molecule has 1 fully saturated rings. The van der Waals surface area contributed by atoms with Crippen molar-refractivity contribution in [1.82, 2.24) is 0 Å². The molecule has 0 bridgehead atoms. The summed E-state index contributed by atoms with van der Waals surface area (Å²) in [5.74, 6) is -0.770. The topological polar surface area (TPSA) is 46.5 Å². The third kappa shape index (κ3) is 5.81. The number of alkyl halides is 2. The maximum absolute atomic E-state index is 15.0. The Morgan fingerprint density at radius 2 is 1.70 bits per heavy atom. The van der Waals surface area contributed by atoms with Crippen molar-refractivity contribution in [1.29, 1.82) is 0 Å². The zero-order valence-electron chi connectivity index (χ0n) is 23.1. The van der Waals surface area contributed by atoms with E-state index in [1.165, 1.54) is 6.07 Å². The first-order valence-electron chi connectivity index (χ1n) is 13.8. The van der Waals surface area contributed by atoms with Gasteiger partial charge in [-0.1, -0.05) is 57.2 Å². The first kappa shape index (κ1) is 28.0. The lowest BCUT2D eigenvalue weighted by Crippen LogP contribution is -2.15. The van der Waals surface area contributed by atoms with Crippen LogP contribution >= 0.6 is 0 Å². The van der Waals surface area contributed by atoms with Gasteiger partial charge in [0.1, 0.15) is 18.2 Å². The van der Waals surface area contributed by atoms with Gasteiger partial charge in [-0.3, -0.25) is 4.79 Å². The van der Waals surface area contributed by atoms with Gasteiger partial charge < -0.3 is 9.84 Å². The van der Waals surface area contributed by atoms with Gasteiger partial charge in [-0.05, 0) is 101 Å². The van der Waals surface area contributed by atoms with Crippen LogP contribution in [-0.4, -0.2) is 11.1 Å². The minimum atomic E-state index is -2.69. The number of hydrogen-bond donors (Lipinski definition) is 1. The highest BCUT2D eigenvalue weighted by atomic mass is 19.3. The number of aliphatic carboxylic acids is 1. The molecule has 0 aliphatic heterocycles. The Hall–Kier alpha value is -3.54. The lowest BCUT2D eigenvalue weighted by Gasteiger charge is -2.26. The first-order chi connectivity index (χ1) is 19.0. The maximum Gasteiger partial charge on any atom is 0.303 e. The van der Waals surface area contributed by atoms with E-state index in [0.717, 1.165) is 60.1 Å². The summed E-state index contributed by atoms with van der Waals surface area (Å²) in [6.07, 6.45) is 3.42. The number of carboxylic acid groups (broad SMARTS) is 1. The second kappa shape index (κ2) is 10.8. The van der Waals surface area contributed by atoms with Crippen LogP contribution in [0.1, 0.15) is 87.5 Å². The van der Waals surface area contributed by atoms with E-state index in [2.05, 4.69) is 26.8 Å². The summed E-state index contributed by atoms with van der Waals surface area (Å²) in [6.45, 7) is 6.68. The SMILES string of the molecule is CC1(C)CCC=C1c1cc(COc2cccc([C@H](CC(=O)O)C3(C)CC3)c2)ccc1-c1cc(C(F)F)ccc1F. The van der Waals surface area contributed by atoms with Crippen LogP contribution in [0.2, 0.25) is 0 Å². The van der Waals surface area contributed by atoms with E-state index in [4.69, 9.17) is 4.74 Å². The summed E-state index contributed by atoms with van der Waals surface area (Å²) in [5.41, 5.74) is 4.12. The predicted octanol–water partition coefficient (Wildman–Crippen LogP) is 9.57. The Bertz CT molecular complexity index is 1450. The van der Waals surface area contributed by atoms with Gasteiger partial charge in [-0.25, -0.2) is 13.2 Å². The van der Waals surface area contributed by atoms with Gasteiger partial charge in [0.25, 0.3) is 6.43 Å². The molecule has 0 amide bonds. The molecule has 1 N–H and O–H groups in total. The number of hydrogen-bond acceptors (Lipinski definition) is 2. The molecule has 210 valence electrons. The fraction of sp³-hybridized carbons (Fsp3) is 0.382. The second-order valence-corrected chi connectivity index (χ2v) is 12.1. The normalized spacial score (nSPS) is 17.9. The van der Waals surface area contributed by atoms with Crippen molar-refractivity contribution in [3.05, 3.63) is 94.8 Å². The monoisotopic (exact) mass is 548 g/mol. The zero-order valence-corrected chi connectivity index (χ0v) is 23.1. The lowest BCUT2D eigenvalue weighted by atomic mass is 9.79. The van der Waals surface area contributed by atoms with Crippen molar-refractivity contribution in [3.8, 4) is 16.9 Å². The zero-order chi connectivity index (χ0) is 28.7. The molecule has 2 aliphatic carbocycles. The van der Waals surface area contributed by atoms with Crippen LogP contribution in [0.4, 0.5) is 13.2 Å². The highest BCUT2D eigenvalue weighted by Gasteiger charge is 2.46. The van der Waals surface area contributed by atoms with Gasteiger partial charge in [0.05, 0.1) is 6.42 Å². The van der Waals surface area contributed by atoms with Crippen LogP contribution in [0.25, 0.3) is 16.7 Å². The van der Waals surface area contributed by atoms with Crippen LogP contribution < -0.4 is 4.74 Å². The van der Waals surface area contributed by atoms with Crippen molar-refractivity contribution in [2.75, 3.05) is 0 Å². The summed E-state index contributed by atoms with van der Waals surface area (Å²) < 4.78 is 48.1. The molecular formula is C34H35F3O3. The average Bonchev–Trinajstić information content (AvgIpc) is 3.56. The van der Waals surface area contributed by atoms with Crippen molar-refractivity contribution in [3.63, 3.8) is 0 Å². The molecule has 5 rings (SSSR count). The van der Waals surface area contributed by atoms with Gasteiger partial charge in [0.15, 0.2) is 0 Å². The van der Waals surface area contributed by atoms with Crippen molar-refractivity contribution >= 4 is 11.5 Å². The van der Waals surface area contributed by atoms with Crippen molar-refractivity contribution in [2.24, 2.45) is 10.8 Å². The number of ether oxygens (including phenoxy) is 1. The van der Waals surface area contributed by atoms with E-state index in [9.17, 15) is 23.1 Å². The Morgan fingerprint density at radius 3 is 2.35 bits per heavy atom. The molecule has 3 nitrogen and oxygen atoms in total. The molecule has 0 aromatic heterocycles. The quantitative estimate of drug-likeness (QED) is 0.274. The van der Waals surface area contributed by atoms with Crippen molar-refractivity contribution in [2.45, 2.75) is 71.8 Å². The van der Waals surface area contributed by atoms with E-state index in [1.807, 2.05) is 36.4 Å². The highest BCUT2D eigenvalue weighted by molar-refractivity contribution is 5.85. The maximum atomic E-state index is 15.0. The minimum Gasteiger partial charge on any atom is -0.489 e. The fourth-order valence-corrected chi connectivity index (χ4v) is 5.96. The molecule has 1 saturated carbocycles. The number of rotatable bonds is 10. The summed E-state index contributed by atoms with van der Waals surface area (Å²) in [5, 5.41) is 9.48. The van der Waals surface area contributed by atoms with Gasteiger partial charge in [0, 0.05) is 11.1 Å². The van der Waals surface area contributed by atoms with Gasteiger partial charge in [-0.15, -0.1) is 0 Å². The van der Waals surface area contributed by atoms with Gasteiger partial charge in [-0.2, -0.15) is 0 Å². The standard InChI is InChI=1S/C34H35F3O3/c1-33(2)13-5-8-28(33)26-16-21(9-11-25(26)27-18-23(32(36)37)10-12-30(27)35)20-40-24-7-4-6-22(17-24)29(19-31(38)39)34(3)14-15-34/h4,6-12,16-18,29,32H,5,13-15,19-20H2,1-3H3,(H,38,39)/t29-/m0/s1. The number of benzene rings is 3. The van der Waals surface area contributed by atoms with E-state index < -0.39 is 18.2 Å². The first-order valence-corrected chi connectivity index (χ1v) is 13.8. The molecule has 3 aromatic carbocycles. The summed E-state index contributed by atoms with van der Waals surface area (Å²) >= 11 is 0.